The summed E-state index contributed by atoms with van der Waals surface area (Å²) in [6, 6.07) is 25.3. The molecule has 4 heterocycles. The van der Waals surface area contributed by atoms with Gasteiger partial charge in [0.15, 0.2) is 40.3 Å². The molecule has 62 heavy (non-hydrogen) atoms. The zero-order valence-corrected chi connectivity index (χ0v) is 31.5. The number of hydrogen-bond acceptors (Lipinski definition) is 13. The van der Waals surface area contributed by atoms with E-state index in [1.807, 2.05) is 60.7 Å². The molecule has 11 aromatic rings. The zero-order valence-electron chi connectivity index (χ0n) is 31.5. The van der Waals surface area contributed by atoms with Crippen LogP contribution in [0.3, 0.4) is 0 Å². The van der Waals surface area contributed by atoms with E-state index in [4.69, 9.17) is 42.9 Å². The molecule has 292 valence electrons. The van der Waals surface area contributed by atoms with Gasteiger partial charge in [-0.2, -0.15) is 0 Å². The van der Waals surface area contributed by atoms with Gasteiger partial charge >= 0.3 is 0 Å². The average molecular weight is 812 g/mol. The molecular weight excluding hydrogens is 789 g/mol. The number of hydrogen-bond donors (Lipinski definition) is 9. The number of furan rings is 1. The van der Waals surface area contributed by atoms with Crippen molar-refractivity contribution in [2.45, 2.75) is 0 Å². The summed E-state index contributed by atoms with van der Waals surface area (Å²) >= 11 is 0. The van der Waals surface area contributed by atoms with Gasteiger partial charge in [-0.05, 0) is 28.0 Å². The molecular formula is C45H23B3N4O10. The average Bonchev–Trinajstić information content (AvgIpc) is 3.98. The first kappa shape index (κ1) is 36.6. The highest BCUT2D eigenvalue weighted by molar-refractivity contribution is 6.50. The second-order valence-electron chi connectivity index (χ2n) is 14.8. The second-order valence-corrected chi connectivity index (χ2v) is 14.8. The Kier molecular flexibility index (Phi) is 7.40. The van der Waals surface area contributed by atoms with Gasteiger partial charge in [0, 0.05) is 27.6 Å². The van der Waals surface area contributed by atoms with Crippen molar-refractivity contribution in [2.75, 3.05) is 0 Å². The quantitative estimate of drug-likeness (QED) is 0.0622. The molecule has 0 bridgehead atoms. The molecule has 6 radical (unpaired) electrons. The van der Waals surface area contributed by atoms with E-state index in [-0.39, 0.29) is 76.9 Å². The van der Waals surface area contributed by atoms with Crippen LogP contribution in [-0.4, -0.2) is 88.9 Å². The van der Waals surface area contributed by atoms with Crippen LogP contribution in [0.4, 0.5) is 0 Å². The molecule has 7 aromatic carbocycles. The summed E-state index contributed by atoms with van der Waals surface area (Å²) in [6.45, 7) is 0. The normalized spacial score (nSPS) is 12.0. The topological polar surface area (TPSA) is 238 Å². The summed E-state index contributed by atoms with van der Waals surface area (Å²) in [5.41, 5.74) is -0.861. The van der Waals surface area contributed by atoms with Crippen molar-refractivity contribution in [3.05, 3.63) is 84.9 Å². The zero-order chi connectivity index (χ0) is 43.2. The Morgan fingerprint density at radius 2 is 0.887 bits per heavy atom. The van der Waals surface area contributed by atoms with Crippen LogP contribution in [0, 0.1) is 0 Å². The van der Waals surface area contributed by atoms with Crippen LogP contribution >= 0.6 is 0 Å². The summed E-state index contributed by atoms with van der Waals surface area (Å²) in [4.78, 5) is 14.3. The third-order valence-electron chi connectivity index (χ3n) is 11.4. The highest BCUT2D eigenvalue weighted by Crippen LogP contribution is 2.58. The molecule has 0 aliphatic carbocycles. The molecule has 0 aliphatic heterocycles. The van der Waals surface area contributed by atoms with Crippen molar-refractivity contribution in [1.82, 2.24) is 19.4 Å². The molecule has 0 aliphatic rings. The van der Waals surface area contributed by atoms with Gasteiger partial charge in [-0.3, -0.25) is 0 Å². The maximum absolute atomic E-state index is 12.5. The lowest BCUT2D eigenvalue weighted by Crippen LogP contribution is -2.09. The summed E-state index contributed by atoms with van der Waals surface area (Å²) in [5.74, 6) is -6.32. The van der Waals surface area contributed by atoms with Crippen LogP contribution in [0.25, 0.3) is 105 Å². The number of nitrogens with zero attached hydrogens (tertiary/aromatic N) is 4. The van der Waals surface area contributed by atoms with E-state index in [0.29, 0.717) is 17.2 Å². The fraction of sp³-hybridized carbons (Fsp3) is 0. The van der Waals surface area contributed by atoms with Crippen LogP contribution < -0.4 is 16.4 Å². The number of fused-ring (bicyclic) bond motifs is 10. The number of phenols is 9. The van der Waals surface area contributed by atoms with Gasteiger partial charge in [-0.15, -0.1) is 0 Å². The van der Waals surface area contributed by atoms with Crippen molar-refractivity contribution in [3.63, 3.8) is 0 Å². The predicted molar refractivity (Wildman–Crippen MR) is 235 cm³/mol. The summed E-state index contributed by atoms with van der Waals surface area (Å²) in [5, 5.41) is 101. The van der Waals surface area contributed by atoms with Gasteiger partial charge in [-0.1, -0.05) is 78.9 Å². The maximum Gasteiger partial charge on any atom is 0.201 e. The molecule has 0 unspecified atom stereocenters. The first-order chi connectivity index (χ1) is 29.8. The fourth-order valence-electron chi connectivity index (χ4n) is 8.62. The van der Waals surface area contributed by atoms with Gasteiger partial charge in [0.2, 0.25) is 11.5 Å². The van der Waals surface area contributed by atoms with E-state index in [9.17, 15) is 46.0 Å². The monoisotopic (exact) mass is 812 g/mol. The lowest BCUT2D eigenvalue weighted by atomic mass is 9.83. The van der Waals surface area contributed by atoms with Gasteiger partial charge in [-0.25, -0.2) is 15.0 Å². The SMILES string of the molecule is [B]c1c(O)c(O)c2oc3c(c(O)c4c5c(O)c(-c6cccc(-c7nc(-c8ccccc8)nc(-c8ccccc8)n7)c6)c([B])c(O)c5n5c6c(O)c(O)c(O)c([B])c6c3c45)c2c1O. The van der Waals surface area contributed by atoms with Crippen LogP contribution in [0.5, 0.6) is 51.7 Å². The Hall–Kier alpha value is -8.46. The van der Waals surface area contributed by atoms with Gasteiger partial charge in [0.25, 0.3) is 0 Å². The van der Waals surface area contributed by atoms with Gasteiger partial charge in [0.05, 0.1) is 38.0 Å². The Balaban J connectivity index is 1.26. The Labute approximate surface area is 350 Å². The van der Waals surface area contributed by atoms with Crippen molar-refractivity contribution >= 4 is 100.0 Å². The van der Waals surface area contributed by atoms with Crippen LogP contribution in [0.15, 0.2) is 89.3 Å². The van der Waals surface area contributed by atoms with Crippen molar-refractivity contribution in [2.24, 2.45) is 0 Å². The highest BCUT2D eigenvalue weighted by atomic mass is 16.4. The maximum atomic E-state index is 12.5. The molecule has 17 heteroatoms. The Morgan fingerprint density at radius 1 is 0.371 bits per heavy atom. The van der Waals surface area contributed by atoms with Crippen molar-refractivity contribution < 1.29 is 50.4 Å². The third-order valence-corrected chi connectivity index (χ3v) is 11.4. The standard InChI is InChI=1S/C45H23B3N4O10/c46-26-19(17-12-7-13-18(14-17)45-50-43(15-8-3-1-4-9-15)49-44(51-45)16-10-5-2-6-11-16)32(53)22-21-29-23(20-27(47)36(57)39(60)38(59)30(20)52(29)31(22)35(26)56)41-24(33(21)54)25-34(55)28(48)37(58)40(61)42(25)62-41/h1-14,53-61H. The van der Waals surface area contributed by atoms with E-state index >= 15 is 0 Å². The second kappa shape index (κ2) is 12.5. The molecule has 0 spiro atoms. The van der Waals surface area contributed by atoms with Crippen molar-refractivity contribution in [1.29, 1.82) is 0 Å². The molecule has 0 saturated carbocycles. The number of benzene rings is 7. The van der Waals surface area contributed by atoms with Crippen LogP contribution in [0.2, 0.25) is 0 Å². The summed E-state index contributed by atoms with van der Waals surface area (Å²) in [6.07, 6.45) is 0. The highest BCUT2D eigenvalue weighted by Gasteiger charge is 2.36. The molecule has 14 nitrogen and oxygen atoms in total. The molecule has 0 fully saturated rings. The predicted octanol–water partition coefficient (Wildman–Crippen LogP) is 5.32. The van der Waals surface area contributed by atoms with E-state index < -0.39 is 68.3 Å². The van der Waals surface area contributed by atoms with Gasteiger partial charge in [0.1, 0.15) is 57.6 Å². The molecule has 9 N–H and O–H groups in total. The minimum Gasteiger partial charge on any atom is -0.508 e. The van der Waals surface area contributed by atoms with E-state index in [1.165, 1.54) is 4.40 Å². The van der Waals surface area contributed by atoms with Gasteiger partial charge < -0.3 is 54.8 Å². The minimum absolute atomic E-state index is 0.0785. The van der Waals surface area contributed by atoms with Crippen molar-refractivity contribution in [3.8, 4) is 97.0 Å². The minimum atomic E-state index is -1.03. The fourth-order valence-corrected chi connectivity index (χ4v) is 8.62. The van der Waals surface area contributed by atoms with E-state index in [1.54, 1.807) is 24.3 Å². The largest absolute Gasteiger partial charge is 0.508 e. The summed E-state index contributed by atoms with van der Waals surface area (Å²) < 4.78 is 7.19. The molecule has 4 aromatic heterocycles. The third kappa shape index (κ3) is 4.58. The number of phenolic OH excluding ortho intramolecular Hbond substituents is 9. The first-order valence-electron chi connectivity index (χ1n) is 18.7. The summed E-state index contributed by atoms with van der Waals surface area (Å²) in [7, 11) is 19.0. The molecule has 0 atom stereocenters. The lowest BCUT2D eigenvalue weighted by molar-refractivity contribution is 0.373. The molecule has 11 rings (SSSR count). The molecule has 0 saturated heterocycles. The molecule has 0 amide bonds. The van der Waals surface area contributed by atoms with Crippen LogP contribution in [-0.2, 0) is 0 Å². The Morgan fingerprint density at radius 3 is 1.52 bits per heavy atom. The number of aromatic hydroxyl groups is 9. The smallest absolute Gasteiger partial charge is 0.201 e. The van der Waals surface area contributed by atoms with E-state index in [0.717, 1.165) is 11.1 Å². The number of aromatic nitrogens is 4. The van der Waals surface area contributed by atoms with E-state index in [2.05, 4.69) is 0 Å². The van der Waals surface area contributed by atoms with Crippen LogP contribution in [0.1, 0.15) is 0 Å². The Bertz CT molecular complexity index is 3730. The first-order valence-corrected chi connectivity index (χ1v) is 18.7. The lowest BCUT2D eigenvalue weighted by Gasteiger charge is -2.16. The number of rotatable bonds is 4.